The molecule has 6 heteroatoms. The van der Waals surface area contributed by atoms with E-state index in [0.29, 0.717) is 16.7 Å². The molecule has 2 aromatic heterocycles. The van der Waals surface area contributed by atoms with Crippen molar-refractivity contribution in [2.45, 2.75) is 26.7 Å². The molecule has 0 bridgehead atoms. The number of anilines is 1. The number of carbonyl (C=O) groups excluding carboxylic acids is 1. The minimum atomic E-state index is -0.230. The zero-order valence-electron chi connectivity index (χ0n) is 13.0. The number of nitrogens with one attached hydrogen (secondary N) is 1. The highest BCUT2D eigenvalue weighted by Crippen LogP contribution is 2.29. The van der Waals surface area contributed by atoms with E-state index >= 15 is 0 Å². The van der Waals surface area contributed by atoms with Gasteiger partial charge in [-0.15, -0.1) is 0 Å². The fourth-order valence-electron chi connectivity index (χ4n) is 2.19. The van der Waals surface area contributed by atoms with Crippen LogP contribution in [0.1, 0.15) is 41.5 Å². The summed E-state index contributed by atoms with van der Waals surface area (Å²) >= 11 is 1.49. The molecular weight excluding hydrogens is 296 g/mol. The summed E-state index contributed by atoms with van der Waals surface area (Å²) in [5, 5.41) is 7.61. The van der Waals surface area contributed by atoms with E-state index in [0.717, 1.165) is 15.9 Å². The minimum absolute atomic E-state index is 0.230. The fourth-order valence-corrected chi connectivity index (χ4v) is 3.10. The van der Waals surface area contributed by atoms with Gasteiger partial charge in [0.2, 0.25) is 0 Å². The largest absolute Gasteiger partial charge is 0.296 e. The Bertz CT molecular complexity index is 828. The Morgan fingerprint density at radius 1 is 1.32 bits per heavy atom. The zero-order valence-corrected chi connectivity index (χ0v) is 13.9. The summed E-state index contributed by atoms with van der Waals surface area (Å²) in [4.78, 5) is 16.7. The van der Waals surface area contributed by atoms with E-state index in [2.05, 4.69) is 41.4 Å². The molecule has 0 spiro atoms. The first-order valence-electron chi connectivity index (χ1n) is 7.16. The lowest BCUT2D eigenvalue weighted by atomic mass is 10.0. The Kier molecular flexibility index (Phi) is 3.70. The fraction of sp³-hybridized carbons (Fsp3) is 0.312. The van der Waals surface area contributed by atoms with E-state index in [9.17, 15) is 4.79 Å². The van der Waals surface area contributed by atoms with E-state index in [1.165, 1.54) is 16.9 Å². The number of hydrogen-bond donors (Lipinski definition) is 1. The Labute approximate surface area is 133 Å². The number of rotatable bonds is 3. The van der Waals surface area contributed by atoms with Crippen molar-refractivity contribution in [3.8, 4) is 0 Å². The molecule has 0 unspecified atom stereocenters. The van der Waals surface area contributed by atoms with Gasteiger partial charge in [0.1, 0.15) is 0 Å². The van der Waals surface area contributed by atoms with Crippen molar-refractivity contribution in [1.29, 1.82) is 0 Å². The molecule has 0 radical (unpaired) electrons. The number of thiazole rings is 1. The van der Waals surface area contributed by atoms with Crippen LogP contribution in [0.15, 0.2) is 24.3 Å². The van der Waals surface area contributed by atoms with Gasteiger partial charge in [0, 0.05) is 12.7 Å². The summed E-state index contributed by atoms with van der Waals surface area (Å²) in [6.45, 7) is 6.23. The van der Waals surface area contributed by atoms with Crippen LogP contribution in [0.3, 0.4) is 0 Å². The summed E-state index contributed by atoms with van der Waals surface area (Å²) in [5.41, 5.74) is 3.52. The molecule has 1 aromatic carbocycles. The molecule has 3 rings (SSSR count). The van der Waals surface area contributed by atoms with Crippen LogP contribution in [-0.2, 0) is 7.05 Å². The summed E-state index contributed by atoms with van der Waals surface area (Å²) < 4.78 is 2.76. The maximum absolute atomic E-state index is 12.2. The molecule has 0 saturated carbocycles. The zero-order chi connectivity index (χ0) is 15.9. The molecule has 0 saturated heterocycles. The van der Waals surface area contributed by atoms with Crippen molar-refractivity contribution in [1.82, 2.24) is 14.8 Å². The number of amides is 1. The number of fused-ring (bicyclic) bond motifs is 1. The van der Waals surface area contributed by atoms with Crippen molar-refractivity contribution in [3.63, 3.8) is 0 Å². The maximum Gasteiger partial charge on any atom is 0.277 e. The average molecular weight is 314 g/mol. The van der Waals surface area contributed by atoms with Crippen molar-refractivity contribution in [2.24, 2.45) is 7.05 Å². The molecule has 22 heavy (non-hydrogen) atoms. The predicted molar refractivity (Wildman–Crippen MR) is 89.6 cm³/mol. The molecule has 0 aliphatic carbocycles. The first-order chi connectivity index (χ1) is 10.4. The van der Waals surface area contributed by atoms with E-state index in [4.69, 9.17) is 0 Å². The summed E-state index contributed by atoms with van der Waals surface area (Å²) in [5.74, 6) is 0.243. The van der Waals surface area contributed by atoms with Crippen LogP contribution in [0.2, 0.25) is 0 Å². The highest BCUT2D eigenvalue weighted by molar-refractivity contribution is 7.22. The molecule has 3 aromatic rings. The van der Waals surface area contributed by atoms with Gasteiger partial charge in [-0.3, -0.25) is 14.8 Å². The van der Waals surface area contributed by atoms with Gasteiger partial charge in [-0.2, -0.15) is 5.10 Å². The van der Waals surface area contributed by atoms with Crippen LogP contribution < -0.4 is 5.32 Å². The number of hydrogen-bond acceptors (Lipinski definition) is 4. The van der Waals surface area contributed by atoms with Crippen LogP contribution >= 0.6 is 11.3 Å². The van der Waals surface area contributed by atoms with E-state index in [1.807, 2.05) is 20.0 Å². The molecule has 1 N–H and O–H groups in total. The Balaban J connectivity index is 1.86. The molecular formula is C16H18N4OS. The van der Waals surface area contributed by atoms with Crippen molar-refractivity contribution in [3.05, 3.63) is 41.2 Å². The van der Waals surface area contributed by atoms with Crippen LogP contribution in [0.25, 0.3) is 10.2 Å². The number of benzene rings is 1. The lowest BCUT2D eigenvalue weighted by molar-refractivity contribution is 0.102. The SMILES string of the molecule is Cc1cc(C(=O)Nc2nc3ccc(C(C)C)cc3s2)nn1C. The smallest absolute Gasteiger partial charge is 0.277 e. The van der Waals surface area contributed by atoms with Crippen molar-refractivity contribution < 1.29 is 4.79 Å². The van der Waals surface area contributed by atoms with Gasteiger partial charge in [-0.1, -0.05) is 31.3 Å². The molecule has 1 amide bonds. The van der Waals surface area contributed by atoms with E-state index < -0.39 is 0 Å². The highest BCUT2D eigenvalue weighted by Gasteiger charge is 2.14. The number of nitrogens with zero attached hydrogens (tertiary/aromatic N) is 3. The van der Waals surface area contributed by atoms with E-state index in [1.54, 1.807) is 10.7 Å². The van der Waals surface area contributed by atoms with E-state index in [-0.39, 0.29) is 5.91 Å². The maximum atomic E-state index is 12.2. The van der Waals surface area contributed by atoms with Crippen LogP contribution in [0.4, 0.5) is 5.13 Å². The third-order valence-electron chi connectivity index (χ3n) is 3.65. The summed E-state index contributed by atoms with van der Waals surface area (Å²) in [6.07, 6.45) is 0. The Morgan fingerprint density at radius 3 is 2.73 bits per heavy atom. The molecule has 0 atom stereocenters. The van der Waals surface area contributed by atoms with Gasteiger partial charge in [-0.05, 0) is 36.6 Å². The normalized spacial score (nSPS) is 11.3. The van der Waals surface area contributed by atoms with Crippen LogP contribution in [-0.4, -0.2) is 20.7 Å². The van der Waals surface area contributed by atoms with Gasteiger partial charge >= 0.3 is 0 Å². The average Bonchev–Trinajstić information content (AvgIpc) is 3.01. The molecule has 0 aliphatic rings. The van der Waals surface area contributed by atoms with Gasteiger partial charge in [0.15, 0.2) is 10.8 Å². The summed E-state index contributed by atoms with van der Waals surface area (Å²) in [7, 11) is 1.82. The Hall–Kier alpha value is -2.21. The predicted octanol–water partition coefficient (Wildman–Crippen LogP) is 3.71. The van der Waals surface area contributed by atoms with Gasteiger partial charge in [-0.25, -0.2) is 4.98 Å². The third-order valence-corrected chi connectivity index (χ3v) is 4.58. The van der Waals surface area contributed by atoms with Gasteiger partial charge in [0.05, 0.1) is 10.2 Å². The van der Waals surface area contributed by atoms with Gasteiger partial charge in [0.25, 0.3) is 5.91 Å². The first kappa shape index (κ1) is 14.7. The molecule has 0 aliphatic heterocycles. The highest BCUT2D eigenvalue weighted by atomic mass is 32.1. The van der Waals surface area contributed by atoms with Crippen molar-refractivity contribution in [2.75, 3.05) is 5.32 Å². The first-order valence-corrected chi connectivity index (χ1v) is 7.98. The molecule has 2 heterocycles. The monoisotopic (exact) mass is 314 g/mol. The quantitative estimate of drug-likeness (QED) is 0.801. The molecule has 5 nitrogen and oxygen atoms in total. The number of carbonyl (C=O) groups is 1. The lowest BCUT2D eigenvalue weighted by Crippen LogP contribution is -2.12. The third kappa shape index (κ3) is 2.74. The second-order valence-electron chi connectivity index (χ2n) is 5.65. The number of aromatic nitrogens is 3. The summed E-state index contributed by atoms with van der Waals surface area (Å²) in [6, 6.07) is 7.99. The number of aryl methyl sites for hydroxylation is 2. The van der Waals surface area contributed by atoms with Gasteiger partial charge < -0.3 is 0 Å². The molecule has 114 valence electrons. The van der Waals surface area contributed by atoms with Crippen LogP contribution in [0, 0.1) is 6.92 Å². The second-order valence-corrected chi connectivity index (χ2v) is 6.68. The molecule has 0 fully saturated rings. The minimum Gasteiger partial charge on any atom is -0.296 e. The van der Waals surface area contributed by atoms with Crippen molar-refractivity contribution >= 4 is 32.6 Å². The standard InChI is InChI=1S/C16H18N4OS/c1-9(2)11-5-6-12-14(8-11)22-16(17-12)18-15(21)13-7-10(3)20(4)19-13/h5-9H,1-4H3,(H,17,18,21). The Morgan fingerprint density at radius 2 is 2.09 bits per heavy atom. The second kappa shape index (κ2) is 5.53. The lowest BCUT2D eigenvalue weighted by Gasteiger charge is -2.03. The topological polar surface area (TPSA) is 59.8 Å². The van der Waals surface area contributed by atoms with Crippen LogP contribution in [0.5, 0.6) is 0 Å².